The monoisotopic (exact) mass is 464 g/mol. The van der Waals surface area contributed by atoms with Crippen LogP contribution in [0, 0.1) is 0 Å². The summed E-state index contributed by atoms with van der Waals surface area (Å²) < 4.78 is 0. The summed E-state index contributed by atoms with van der Waals surface area (Å²) >= 11 is 0. The highest BCUT2D eigenvalue weighted by Gasteiger charge is 2.37. The summed E-state index contributed by atoms with van der Waals surface area (Å²) in [4.78, 5) is 28.2. The standard InChI is InChI=1S/C25H36N8O/c1-17-16-32(12-11-27-17)21-9-10-23(28-15-21)29-18(2)30-24-19(14-26)13-22(25(34)31(3)4)33(24)20-7-5-6-8-20/h9-10,13-15,17,20,27H,2,5-8,11-12,16,26H2,1,3-4H3,(H,28,29)/b19-14-,30-24+/t17-/m0/s1. The van der Waals surface area contributed by atoms with E-state index < -0.39 is 0 Å². The fraction of sp³-hybridized carbons (Fsp3) is 0.480. The Kier molecular flexibility index (Phi) is 7.21. The first-order chi connectivity index (χ1) is 16.4. The van der Waals surface area contributed by atoms with Gasteiger partial charge in [-0.15, -0.1) is 0 Å². The molecule has 1 amide bonds. The fourth-order valence-electron chi connectivity index (χ4n) is 4.82. The third-order valence-electron chi connectivity index (χ3n) is 6.53. The molecule has 2 aliphatic heterocycles. The molecular weight excluding hydrogens is 428 g/mol. The van der Waals surface area contributed by atoms with Crippen LogP contribution in [-0.4, -0.2) is 72.3 Å². The molecule has 2 fully saturated rings. The lowest BCUT2D eigenvalue weighted by molar-refractivity contribution is -0.126. The predicted octanol–water partition coefficient (Wildman–Crippen LogP) is 2.23. The number of rotatable bonds is 6. The zero-order valence-electron chi connectivity index (χ0n) is 20.4. The Bertz CT molecular complexity index is 1000. The van der Waals surface area contributed by atoms with Gasteiger partial charge in [-0.2, -0.15) is 0 Å². The summed E-state index contributed by atoms with van der Waals surface area (Å²) in [5.74, 6) is 1.71. The SMILES string of the molecule is C=C(/N=C1\C(=C/N)C=C(C(=O)N(C)C)N1C1CCCC1)Nc1ccc(N2CCN[C@@H](C)C2)cn1. The van der Waals surface area contributed by atoms with Crippen LogP contribution in [0.3, 0.4) is 0 Å². The first-order valence-corrected chi connectivity index (χ1v) is 12.0. The van der Waals surface area contributed by atoms with E-state index in [1.807, 2.05) is 23.2 Å². The second-order valence-electron chi connectivity index (χ2n) is 9.37. The third kappa shape index (κ3) is 5.09. The number of nitrogens with two attached hydrogens (primary N) is 1. The zero-order valence-corrected chi connectivity index (χ0v) is 20.4. The second-order valence-corrected chi connectivity index (χ2v) is 9.37. The predicted molar refractivity (Wildman–Crippen MR) is 137 cm³/mol. The molecule has 0 radical (unpaired) electrons. The summed E-state index contributed by atoms with van der Waals surface area (Å²) in [6, 6.07) is 4.68. The number of aromatic nitrogens is 1. The van der Waals surface area contributed by atoms with Crippen molar-refractivity contribution < 1.29 is 4.79 Å². The number of carbonyl (C=O) groups is 1. The Balaban J connectivity index is 1.52. The highest BCUT2D eigenvalue weighted by molar-refractivity contribution is 6.12. The molecule has 3 heterocycles. The highest BCUT2D eigenvalue weighted by atomic mass is 16.2. The molecule has 9 nitrogen and oxygen atoms in total. The van der Waals surface area contributed by atoms with Gasteiger partial charge in [0.1, 0.15) is 23.2 Å². The van der Waals surface area contributed by atoms with Crippen molar-refractivity contribution in [1.29, 1.82) is 0 Å². The van der Waals surface area contributed by atoms with Crippen molar-refractivity contribution in [2.24, 2.45) is 10.7 Å². The van der Waals surface area contributed by atoms with Crippen molar-refractivity contribution in [3.05, 3.63) is 54.3 Å². The average molecular weight is 465 g/mol. The van der Waals surface area contributed by atoms with Gasteiger partial charge in [0.05, 0.1) is 11.9 Å². The number of hydrogen-bond donors (Lipinski definition) is 3. The molecule has 1 aromatic rings. The molecule has 0 bridgehead atoms. The van der Waals surface area contributed by atoms with Gasteiger partial charge in [0.2, 0.25) is 0 Å². The number of carbonyl (C=O) groups excluding carboxylic acids is 1. The average Bonchev–Trinajstić information content (AvgIpc) is 3.46. The van der Waals surface area contributed by atoms with E-state index in [1.54, 1.807) is 19.0 Å². The maximum atomic E-state index is 12.9. The van der Waals surface area contributed by atoms with E-state index in [4.69, 9.17) is 10.7 Å². The first-order valence-electron chi connectivity index (χ1n) is 12.0. The molecule has 34 heavy (non-hydrogen) atoms. The number of nitrogens with one attached hydrogen (secondary N) is 2. The van der Waals surface area contributed by atoms with E-state index in [0.717, 1.165) is 56.6 Å². The number of aliphatic imine (C=N–C) groups is 1. The topological polar surface area (TPSA) is 102 Å². The minimum atomic E-state index is -0.0606. The summed E-state index contributed by atoms with van der Waals surface area (Å²) in [6.45, 7) is 9.18. The second kappa shape index (κ2) is 10.3. The lowest BCUT2D eigenvalue weighted by atomic mass is 10.2. The fourth-order valence-corrected chi connectivity index (χ4v) is 4.82. The van der Waals surface area contributed by atoms with E-state index in [1.165, 1.54) is 6.20 Å². The van der Waals surface area contributed by atoms with Crippen LogP contribution in [0.4, 0.5) is 11.5 Å². The molecule has 0 aromatic carbocycles. The van der Waals surface area contributed by atoms with Crippen LogP contribution in [0.5, 0.6) is 0 Å². The molecule has 0 spiro atoms. The van der Waals surface area contributed by atoms with Crippen molar-refractivity contribution in [2.45, 2.75) is 44.7 Å². The summed E-state index contributed by atoms with van der Waals surface area (Å²) in [7, 11) is 3.52. The largest absolute Gasteiger partial charge is 0.404 e. The van der Waals surface area contributed by atoms with Gasteiger partial charge in [-0.05, 0) is 38.0 Å². The number of amidine groups is 1. The van der Waals surface area contributed by atoms with E-state index >= 15 is 0 Å². The van der Waals surface area contributed by atoms with Gasteiger partial charge in [-0.25, -0.2) is 9.98 Å². The summed E-state index contributed by atoms with van der Waals surface area (Å²) in [6.07, 6.45) is 9.52. The molecule has 4 N–H and O–H groups in total. The van der Waals surface area contributed by atoms with Gasteiger partial charge in [0.15, 0.2) is 0 Å². The minimum Gasteiger partial charge on any atom is -0.404 e. The van der Waals surface area contributed by atoms with Crippen LogP contribution in [0.25, 0.3) is 0 Å². The molecule has 0 unspecified atom stereocenters. The van der Waals surface area contributed by atoms with E-state index in [0.29, 0.717) is 29.2 Å². The molecule has 1 atom stereocenters. The van der Waals surface area contributed by atoms with E-state index in [2.05, 4.69) is 40.1 Å². The molecule has 4 rings (SSSR count). The number of likely N-dealkylation sites (N-methyl/N-ethyl adjacent to an activating group) is 1. The van der Waals surface area contributed by atoms with Gasteiger partial charge in [-0.1, -0.05) is 19.4 Å². The van der Waals surface area contributed by atoms with Crippen molar-refractivity contribution in [2.75, 3.05) is 43.9 Å². The molecule has 1 saturated carbocycles. The number of pyridine rings is 1. The maximum absolute atomic E-state index is 12.9. The highest BCUT2D eigenvalue weighted by Crippen LogP contribution is 2.34. The van der Waals surface area contributed by atoms with Gasteiger partial charge in [0, 0.05) is 57.6 Å². The Hall–Kier alpha value is -3.33. The molecule has 1 aromatic heterocycles. The maximum Gasteiger partial charge on any atom is 0.270 e. The number of amides is 1. The van der Waals surface area contributed by atoms with Crippen molar-refractivity contribution in [3.63, 3.8) is 0 Å². The number of hydrogen-bond acceptors (Lipinski definition) is 7. The normalized spacial score (nSPS) is 23.5. The smallest absolute Gasteiger partial charge is 0.270 e. The van der Waals surface area contributed by atoms with Gasteiger partial charge in [-0.3, -0.25) is 4.79 Å². The number of nitrogens with zero attached hydrogens (tertiary/aromatic N) is 5. The van der Waals surface area contributed by atoms with Crippen LogP contribution < -0.4 is 21.3 Å². The Morgan fingerprint density at radius 1 is 1.35 bits per heavy atom. The van der Waals surface area contributed by atoms with Gasteiger partial charge >= 0.3 is 0 Å². The summed E-state index contributed by atoms with van der Waals surface area (Å²) in [5.41, 5.74) is 8.36. The molecule has 9 heteroatoms. The lowest BCUT2D eigenvalue weighted by Crippen LogP contribution is -2.49. The number of anilines is 2. The molecule has 1 saturated heterocycles. The van der Waals surface area contributed by atoms with Crippen LogP contribution >= 0.6 is 0 Å². The molecular formula is C25H36N8O. The van der Waals surface area contributed by atoms with Crippen molar-refractivity contribution in [1.82, 2.24) is 20.1 Å². The van der Waals surface area contributed by atoms with Gasteiger partial charge < -0.3 is 31.1 Å². The van der Waals surface area contributed by atoms with Crippen LogP contribution in [0.2, 0.25) is 0 Å². The third-order valence-corrected chi connectivity index (χ3v) is 6.53. The molecule has 182 valence electrons. The summed E-state index contributed by atoms with van der Waals surface area (Å²) in [5, 5.41) is 6.65. The van der Waals surface area contributed by atoms with Crippen LogP contribution in [0.1, 0.15) is 32.6 Å². The van der Waals surface area contributed by atoms with Crippen LogP contribution in [0.15, 0.2) is 59.3 Å². The zero-order chi connectivity index (χ0) is 24.2. The quantitative estimate of drug-likeness (QED) is 0.593. The Labute approximate surface area is 202 Å². The Morgan fingerprint density at radius 2 is 2.12 bits per heavy atom. The molecule has 1 aliphatic carbocycles. The van der Waals surface area contributed by atoms with Crippen molar-refractivity contribution >= 4 is 23.2 Å². The van der Waals surface area contributed by atoms with Crippen LogP contribution in [-0.2, 0) is 4.79 Å². The molecule has 3 aliphatic rings. The van der Waals surface area contributed by atoms with E-state index in [-0.39, 0.29) is 11.9 Å². The van der Waals surface area contributed by atoms with Crippen molar-refractivity contribution in [3.8, 4) is 0 Å². The Morgan fingerprint density at radius 3 is 2.74 bits per heavy atom. The van der Waals surface area contributed by atoms with Gasteiger partial charge in [0.25, 0.3) is 5.91 Å². The number of piperazine rings is 1. The van der Waals surface area contributed by atoms with E-state index in [9.17, 15) is 4.79 Å². The first kappa shape index (κ1) is 23.8. The minimum absolute atomic E-state index is 0.0606. The lowest BCUT2D eigenvalue weighted by Gasteiger charge is -2.33.